The van der Waals surface area contributed by atoms with Gasteiger partial charge in [0.2, 0.25) is 0 Å². The molecule has 0 saturated heterocycles. The van der Waals surface area contributed by atoms with Crippen LogP contribution in [0.25, 0.3) is 21.5 Å². The van der Waals surface area contributed by atoms with E-state index in [0.717, 1.165) is 44.0 Å². The van der Waals surface area contributed by atoms with E-state index in [1.807, 2.05) is 0 Å². The third-order valence-corrected chi connectivity index (χ3v) is 8.55. The third kappa shape index (κ3) is 11.5. The molecule has 0 heterocycles. The van der Waals surface area contributed by atoms with Gasteiger partial charge < -0.3 is 9.47 Å². The maximum atomic E-state index is 6.66. The summed E-state index contributed by atoms with van der Waals surface area (Å²) in [5.74, 6) is 2.09. The minimum absolute atomic E-state index is 0.783. The van der Waals surface area contributed by atoms with Crippen LogP contribution in [0, 0.1) is 0 Å². The highest BCUT2D eigenvalue weighted by Crippen LogP contribution is 2.43. The van der Waals surface area contributed by atoms with E-state index in [9.17, 15) is 0 Å². The van der Waals surface area contributed by atoms with Crippen LogP contribution < -0.4 is 9.47 Å². The summed E-state index contributed by atoms with van der Waals surface area (Å²) in [7, 11) is 0. The molecule has 3 aromatic carbocycles. The molecule has 0 N–H and O–H groups in total. The monoisotopic (exact) mass is 560 g/mol. The van der Waals surface area contributed by atoms with Gasteiger partial charge in [0.25, 0.3) is 0 Å². The molecule has 0 aliphatic rings. The Hall–Kier alpha value is -2.22. The molecule has 2 nitrogen and oxygen atoms in total. The van der Waals surface area contributed by atoms with E-state index >= 15 is 0 Å². The zero-order chi connectivity index (χ0) is 29.0. The molecule has 0 atom stereocenters. The largest absolute Gasteiger partial charge is 0.492 e. The summed E-state index contributed by atoms with van der Waals surface area (Å²) >= 11 is 0. The van der Waals surface area contributed by atoms with Gasteiger partial charge in [-0.25, -0.2) is 0 Å². The average molecular weight is 561 g/mol. The number of aryl methyl sites for hydroxylation is 1. The van der Waals surface area contributed by atoms with Gasteiger partial charge in [-0.15, -0.1) is 0 Å². The summed E-state index contributed by atoms with van der Waals surface area (Å²) < 4.78 is 13.3. The van der Waals surface area contributed by atoms with Gasteiger partial charge in [0.05, 0.1) is 13.2 Å². The SMILES string of the molecule is CCCCCCCCCCOc1c2ccccc2c(OCCCCCCCCCC)c2cc(CCCCC)ccc12. The van der Waals surface area contributed by atoms with Crippen molar-refractivity contribution in [3.63, 3.8) is 0 Å². The van der Waals surface area contributed by atoms with Crippen molar-refractivity contribution in [1.29, 1.82) is 0 Å². The molecule has 0 saturated carbocycles. The zero-order valence-corrected chi connectivity index (χ0v) is 26.9. The standard InChI is InChI=1S/C39H60O2/c1-4-7-10-12-14-16-18-23-30-40-38-34-26-21-22-27-35(34)39(41-31-24-19-17-15-13-11-8-5-2)37-32-33(25-20-9-6-3)28-29-36(37)38/h21-22,26-29,32H,4-20,23-25,30-31H2,1-3H3. The Morgan fingerprint density at radius 1 is 0.415 bits per heavy atom. The molecule has 0 aliphatic heterocycles. The maximum Gasteiger partial charge on any atom is 0.135 e. The van der Waals surface area contributed by atoms with Gasteiger partial charge in [-0.1, -0.05) is 160 Å². The first-order chi connectivity index (χ1) is 20.3. The van der Waals surface area contributed by atoms with E-state index < -0.39 is 0 Å². The molecule has 0 amide bonds. The number of fused-ring (bicyclic) bond motifs is 2. The number of unbranched alkanes of at least 4 members (excludes halogenated alkanes) is 16. The smallest absolute Gasteiger partial charge is 0.135 e. The van der Waals surface area contributed by atoms with Crippen molar-refractivity contribution < 1.29 is 9.47 Å². The average Bonchev–Trinajstić information content (AvgIpc) is 3.00. The van der Waals surface area contributed by atoms with Crippen LogP contribution in [0.3, 0.4) is 0 Å². The first-order valence-corrected chi connectivity index (χ1v) is 17.5. The Kier molecular flexibility index (Phi) is 16.7. The van der Waals surface area contributed by atoms with Crippen molar-refractivity contribution in [1.82, 2.24) is 0 Å². The van der Waals surface area contributed by atoms with Gasteiger partial charge in [0.15, 0.2) is 0 Å². The topological polar surface area (TPSA) is 18.5 Å². The van der Waals surface area contributed by atoms with Gasteiger partial charge in [-0.3, -0.25) is 0 Å². The van der Waals surface area contributed by atoms with Crippen LogP contribution in [0.1, 0.15) is 148 Å². The fourth-order valence-corrected chi connectivity index (χ4v) is 6.01. The highest BCUT2D eigenvalue weighted by atomic mass is 16.5. The van der Waals surface area contributed by atoms with Crippen LogP contribution in [-0.4, -0.2) is 13.2 Å². The lowest BCUT2D eigenvalue weighted by atomic mass is 9.97. The molecular formula is C39H60O2. The van der Waals surface area contributed by atoms with Crippen molar-refractivity contribution in [3.05, 3.63) is 48.0 Å². The van der Waals surface area contributed by atoms with Gasteiger partial charge >= 0.3 is 0 Å². The lowest BCUT2D eigenvalue weighted by molar-refractivity contribution is 0.306. The Morgan fingerprint density at radius 2 is 0.829 bits per heavy atom. The fourth-order valence-electron chi connectivity index (χ4n) is 6.01. The quantitative estimate of drug-likeness (QED) is 0.0801. The second kappa shape index (κ2) is 20.6. The molecular weight excluding hydrogens is 500 g/mol. The summed E-state index contributed by atoms with van der Waals surface area (Å²) in [6.07, 6.45) is 25.9. The number of ether oxygens (including phenoxy) is 2. The van der Waals surface area contributed by atoms with Gasteiger partial charge in [0.1, 0.15) is 11.5 Å². The number of hydrogen-bond acceptors (Lipinski definition) is 2. The highest BCUT2D eigenvalue weighted by molar-refractivity contribution is 6.11. The minimum atomic E-state index is 0.783. The molecule has 0 radical (unpaired) electrons. The van der Waals surface area contributed by atoms with Crippen molar-refractivity contribution >= 4 is 21.5 Å². The molecule has 0 aliphatic carbocycles. The van der Waals surface area contributed by atoms with Crippen molar-refractivity contribution in [3.8, 4) is 11.5 Å². The van der Waals surface area contributed by atoms with Gasteiger partial charge in [0, 0.05) is 21.5 Å². The zero-order valence-electron chi connectivity index (χ0n) is 26.9. The third-order valence-electron chi connectivity index (χ3n) is 8.55. The molecule has 0 spiro atoms. The Balaban J connectivity index is 1.72. The molecule has 0 aromatic heterocycles. The summed E-state index contributed by atoms with van der Waals surface area (Å²) in [6.45, 7) is 8.42. The minimum Gasteiger partial charge on any atom is -0.492 e. The van der Waals surface area contributed by atoms with Crippen molar-refractivity contribution in [2.45, 2.75) is 149 Å². The number of hydrogen-bond donors (Lipinski definition) is 0. The second-order valence-electron chi connectivity index (χ2n) is 12.2. The lowest BCUT2D eigenvalue weighted by Gasteiger charge is -2.19. The van der Waals surface area contributed by atoms with Crippen LogP contribution in [0.5, 0.6) is 11.5 Å². The molecule has 0 bridgehead atoms. The maximum absolute atomic E-state index is 6.66. The summed E-state index contributed by atoms with van der Waals surface area (Å²) in [6, 6.07) is 15.7. The normalized spacial score (nSPS) is 11.5. The molecule has 3 aromatic rings. The second-order valence-corrected chi connectivity index (χ2v) is 12.2. The van der Waals surface area contributed by atoms with E-state index in [-0.39, 0.29) is 0 Å². The predicted molar refractivity (Wildman–Crippen MR) is 181 cm³/mol. The molecule has 228 valence electrons. The fraction of sp³-hybridized carbons (Fsp3) is 0.641. The lowest BCUT2D eigenvalue weighted by Crippen LogP contribution is -2.03. The van der Waals surface area contributed by atoms with Crippen LogP contribution in [0.4, 0.5) is 0 Å². The Bertz CT molecular complexity index is 1100. The number of benzene rings is 3. The first-order valence-electron chi connectivity index (χ1n) is 17.5. The first kappa shape index (κ1) is 33.3. The Morgan fingerprint density at radius 3 is 1.34 bits per heavy atom. The molecule has 41 heavy (non-hydrogen) atoms. The van der Waals surface area contributed by atoms with Crippen LogP contribution in [0.2, 0.25) is 0 Å². The van der Waals surface area contributed by atoms with E-state index in [2.05, 4.69) is 63.2 Å². The summed E-state index contributed by atoms with van der Waals surface area (Å²) in [5, 5.41) is 4.80. The number of rotatable bonds is 24. The Labute approximate surface area is 252 Å². The van der Waals surface area contributed by atoms with Crippen molar-refractivity contribution in [2.75, 3.05) is 13.2 Å². The van der Waals surface area contributed by atoms with Crippen molar-refractivity contribution in [2.24, 2.45) is 0 Å². The van der Waals surface area contributed by atoms with E-state index in [4.69, 9.17) is 9.47 Å². The molecule has 3 rings (SSSR count). The molecule has 0 fully saturated rings. The van der Waals surface area contributed by atoms with E-state index in [1.54, 1.807) is 0 Å². The van der Waals surface area contributed by atoms with E-state index in [0.29, 0.717) is 0 Å². The summed E-state index contributed by atoms with van der Waals surface area (Å²) in [5.41, 5.74) is 1.41. The van der Waals surface area contributed by atoms with Crippen LogP contribution >= 0.6 is 0 Å². The highest BCUT2D eigenvalue weighted by Gasteiger charge is 2.17. The predicted octanol–water partition coefficient (Wildman–Crippen LogP) is 12.8. The van der Waals surface area contributed by atoms with Gasteiger partial charge in [-0.2, -0.15) is 0 Å². The van der Waals surface area contributed by atoms with Gasteiger partial charge in [-0.05, 0) is 37.3 Å². The summed E-state index contributed by atoms with van der Waals surface area (Å²) in [4.78, 5) is 0. The molecule has 2 heteroatoms. The molecule has 0 unspecified atom stereocenters. The van der Waals surface area contributed by atoms with Crippen LogP contribution in [-0.2, 0) is 6.42 Å². The van der Waals surface area contributed by atoms with Crippen LogP contribution in [0.15, 0.2) is 42.5 Å². The van der Waals surface area contributed by atoms with E-state index in [1.165, 1.54) is 136 Å².